The fraction of sp³-hybridized carbons (Fsp3) is 0.909. The zero-order valence-corrected chi connectivity index (χ0v) is 10.5. The molecule has 0 radical (unpaired) electrons. The third-order valence-electron chi connectivity index (χ3n) is 2.43. The Hall–Kier alpha value is -0.570. The van der Waals surface area contributed by atoms with Gasteiger partial charge in [0, 0.05) is 25.7 Å². The van der Waals surface area contributed by atoms with Crippen LogP contribution in [0, 0.1) is 0 Å². The van der Waals surface area contributed by atoms with Gasteiger partial charge in [0.05, 0.1) is 5.84 Å². The summed E-state index contributed by atoms with van der Waals surface area (Å²) in [5.74, 6) is 1.01. The highest BCUT2D eigenvalue weighted by Crippen LogP contribution is 2.11. The molecule has 0 saturated carbocycles. The van der Waals surface area contributed by atoms with Gasteiger partial charge in [0.25, 0.3) is 0 Å². The van der Waals surface area contributed by atoms with E-state index in [2.05, 4.69) is 42.9 Å². The molecular formula is C11H25N3. The first-order chi connectivity index (χ1) is 6.41. The average molecular weight is 199 g/mol. The Morgan fingerprint density at radius 2 is 1.93 bits per heavy atom. The summed E-state index contributed by atoms with van der Waals surface area (Å²) < 4.78 is 0. The van der Waals surface area contributed by atoms with Gasteiger partial charge < -0.3 is 5.32 Å². The molecule has 14 heavy (non-hydrogen) atoms. The van der Waals surface area contributed by atoms with E-state index in [0.29, 0.717) is 0 Å². The van der Waals surface area contributed by atoms with Crippen LogP contribution in [0.2, 0.25) is 0 Å². The summed E-state index contributed by atoms with van der Waals surface area (Å²) in [6.45, 7) is 14.1. The summed E-state index contributed by atoms with van der Waals surface area (Å²) in [4.78, 5) is 6.51. The molecular weight excluding hydrogens is 174 g/mol. The van der Waals surface area contributed by atoms with Crippen LogP contribution in [0.5, 0.6) is 0 Å². The maximum absolute atomic E-state index is 4.06. The number of hydrogen-bond donors (Lipinski definition) is 1. The third kappa shape index (κ3) is 5.22. The van der Waals surface area contributed by atoms with E-state index in [-0.39, 0.29) is 5.54 Å². The van der Waals surface area contributed by atoms with Crippen LogP contribution in [0.3, 0.4) is 0 Å². The fourth-order valence-electron chi connectivity index (χ4n) is 1.42. The highest BCUT2D eigenvalue weighted by Gasteiger charge is 2.18. The summed E-state index contributed by atoms with van der Waals surface area (Å²) in [6.07, 6.45) is 0. The lowest BCUT2D eigenvalue weighted by Gasteiger charge is -2.34. The Labute approximate surface area is 88.6 Å². The first-order valence-electron chi connectivity index (χ1n) is 5.34. The van der Waals surface area contributed by atoms with Crippen molar-refractivity contribution in [1.29, 1.82) is 0 Å². The van der Waals surface area contributed by atoms with Gasteiger partial charge >= 0.3 is 0 Å². The van der Waals surface area contributed by atoms with E-state index in [1.807, 2.05) is 14.0 Å². The van der Waals surface area contributed by atoms with Crippen LogP contribution >= 0.6 is 0 Å². The Kier molecular flexibility index (Phi) is 5.77. The van der Waals surface area contributed by atoms with Crippen molar-refractivity contribution >= 4 is 5.84 Å². The van der Waals surface area contributed by atoms with Crippen molar-refractivity contribution in [2.24, 2.45) is 4.99 Å². The second kappa shape index (κ2) is 6.02. The van der Waals surface area contributed by atoms with Gasteiger partial charge in [0.1, 0.15) is 0 Å². The van der Waals surface area contributed by atoms with Gasteiger partial charge in [0.15, 0.2) is 0 Å². The molecule has 0 heterocycles. The van der Waals surface area contributed by atoms with E-state index in [9.17, 15) is 0 Å². The second-order valence-corrected chi connectivity index (χ2v) is 4.49. The normalized spacial score (nSPS) is 13.5. The number of hydrogen-bond acceptors (Lipinski definition) is 2. The summed E-state index contributed by atoms with van der Waals surface area (Å²) in [6, 6.07) is 0. The standard InChI is InChI=1S/C11H25N3/c1-7-14(11(3,4)5)9-8-13-10(2)12-6/h7-9H2,1-6H3,(H,12,13). The SMILES string of the molecule is CCN(CCNC(C)=NC)C(C)(C)C. The van der Waals surface area contributed by atoms with Crippen LogP contribution in [0.4, 0.5) is 0 Å². The maximum Gasteiger partial charge on any atom is 0.0928 e. The Morgan fingerprint density at radius 3 is 2.29 bits per heavy atom. The van der Waals surface area contributed by atoms with Gasteiger partial charge in [-0.2, -0.15) is 0 Å². The zero-order valence-electron chi connectivity index (χ0n) is 10.5. The van der Waals surface area contributed by atoms with Crippen LogP contribution < -0.4 is 5.32 Å². The molecule has 0 aliphatic carbocycles. The smallest absolute Gasteiger partial charge is 0.0928 e. The molecule has 0 aromatic heterocycles. The first kappa shape index (κ1) is 13.4. The highest BCUT2D eigenvalue weighted by molar-refractivity contribution is 5.79. The molecule has 0 spiro atoms. The average Bonchev–Trinajstić information content (AvgIpc) is 2.09. The molecule has 0 bridgehead atoms. The van der Waals surface area contributed by atoms with E-state index in [0.717, 1.165) is 25.5 Å². The Balaban J connectivity index is 3.86. The van der Waals surface area contributed by atoms with E-state index in [1.165, 1.54) is 0 Å². The molecule has 0 aromatic carbocycles. The number of nitrogens with one attached hydrogen (secondary N) is 1. The molecule has 0 aliphatic heterocycles. The molecule has 0 unspecified atom stereocenters. The van der Waals surface area contributed by atoms with E-state index in [1.54, 1.807) is 0 Å². The molecule has 0 atom stereocenters. The van der Waals surface area contributed by atoms with Crippen molar-refractivity contribution in [1.82, 2.24) is 10.2 Å². The maximum atomic E-state index is 4.06. The monoisotopic (exact) mass is 199 g/mol. The Bertz CT molecular complexity index is 179. The summed E-state index contributed by atoms with van der Waals surface area (Å²) in [7, 11) is 1.81. The molecule has 1 N–H and O–H groups in total. The number of nitrogens with zero attached hydrogens (tertiary/aromatic N) is 2. The predicted octanol–water partition coefficient (Wildman–Crippen LogP) is 1.74. The molecule has 0 fully saturated rings. The third-order valence-corrected chi connectivity index (χ3v) is 2.43. The summed E-state index contributed by atoms with van der Waals surface area (Å²) >= 11 is 0. The van der Waals surface area contributed by atoms with Crippen molar-refractivity contribution < 1.29 is 0 Å². The van der Waals surface area contributed by atoms with Gasteiger partial charge in [-0.05, 0) is 34.2 Å². The molecule has 0 rings (SSSR count). The topological polar surface area (TPSA) is 27.6 Å². The van der Waals surface area contributed by atoms with Crippen molar-refractivity contribution in [2.75, 3.05) is 26.7 Å². The number of likely N-dealkylation sites (N-methyl/N-ethyl adjacent to an activating group) is 1. The van der Waals surface area contributed by atoms with Crippen LogP contribution in [0.15, 0.2) is 4.99 Å². The zero-order chi connectivity index (χ0) is 11.2. The van der Waals surface area contributed by atoms with Crippen LogP contribution in [0.1, 0.15) is 34.6 Å². The van der Waals surface area contributed by atoms with E-state index < -0.39 is 0 Å². The first-order valence-corrected chi connectivity index (χ1v) is 5.34. The van der Waals surface area contributed by atoms with E-state index in [4.69, 9.17) is 0 Å². The van der Waals surface area contributed by atoms with Crippen molar-refractivity contribution in [3.8, 4) is 0 Å². The second-order valence-electron chi connectivity index (χ2n) is 4.49. The fourth-order valence-corrected chi connectivity index (χ4v) is 1.42. The lowest BCUT2D eigenvalue weighted by molar-refractivity contribution is 0.148. The van der Waals surface area contributed by atoms with Gasteiger partial charge in [-0.25, -0.2) is 0 Å². The van der Waals surface area contributed by atoms with Gasteiger partial charge in [-0.15, -0.1) is 0 Å². The molecule has 0 saturated heterocycles. The molecule has 0 aromatic rings. The summed E-state index contributed by atoms with van der Waals surface area (Å²) in [5, 5.41) is 3.28. The molecule has 0 amide bonds. The summed E-state index contributed by atoms with van der Waals surface area (Å²) in [5.41, 5.74) is 0.258. The quantitative estimate of drug-likeness (QED) is 0.552. The predicted molar refractivity (Wildman–Crippen MR) is 64.0 cm³/mol. The van der Waals surface area contributed by atoms with Gasteiger partial charge in [-0.1, -0.05) is 6.92 Å². The molecule has 0 aliphatic rings. The molecule has 3 heteroatoms. The lowest BCUT2D eigenvalue weighted by atomic mass is 10.1. The van der Waals surface area contributed by atoms with Crippen molar-refractivity contribution in [3.63, 3.8) is 0 Å². The van der Waals surface area contributed by atoms with Crippen molar-refractivity contribution in [3.05, 3.63) is 0 Å². The van der Waals surface area contributed by atoms with Crippen molar-refractivity contribution in [2.45, 2.75) is 40.2 Å². The Morgan fingerprint density at radius 1 is 1.36 bits per heavy atom. The van der Waals surface area contributed by atoms with Crippen LogP contribution in [-0.2, 0) is 0 Å². The lowest BCUT2D eigenvalue weighted by Crippen LogP contribution is -2.45. The highest BCUT2D eigenvalue weighted by atomic mass is 15.2. The minimum absolute atomic E-state index is 0.258. The molecule has 3 nitrogen and oxygen atoms in total. The molecule has 84 valence electrons. The number of rotatable bonds is 4. The van der Waals surface area contributed by atoms with Crippen LogP contribution in [0.25, 0.3) is 0 Å². The van der Waals surface area contributed by atoms with Crippen LogP contribution in [-0.4, -0.2) is 43.0 Å². The number of amidine groups is 1. The minimum Gasteiger partial charge on any atom is -0.373 e. The minimum atomic E-state index is 0.258. The van der Waals surface area contributed by atoms with E-state index >= 15 is 0 Å². The largest absolute Gasteiger partial charge is 0.373 e. The number of aliphatic imine (C=N–C) groups is 1. The van der Waals surface area contributed by atoms with Gasteiger partial charge in [-0.3, -0.25) is 9.89 Å². The van der Waals surface area contributed by atoms with Gasteiger partial charge in [0.2, 0.25) is 0 Å².